The number of rotatable bonds is 16. The van der Waals surface area contributed by atoms with E-state index in [2.05, 4.69) is 74.7 Å². The maximum Gasteiger partial charge on any atom is 0.318 e. The molecule has 0 amide bonds. The standard InChI is InChI=1S/C35H46N4O2/c1-8-20-39(21-19-28(11-4)33(40)12-5)34-30-18-15-26(23-32(30)37-35(38-34)41-22-9-2)14-17-29-25(6)13-16-27(10-3)31(29)24-36-7/h10-14,16-17,24,26,28H,3-5,8-9,15,18-23H2,1-2,6-7H3/b17-14+,36-24-. The fourth-order valence-electron chi connectivity index (χ4n) is 5.37. The molecule has 6 heteroatoms. The Morgan fingerprint density at radius 2 is 1.98 bits per heavy atom. The summed E-state index contributed by atoms with van der Waals surface area (Å²) in [5, 5.41) is 0. The van der Waals surface area contributed by atoms with Crippen LogP contribution in [0.3, 0.4) is 0 Å². The smallest absolute Gasteiger partial charge is 0.318 e. The first-order valence-electron chi connectivity index (χ1n) is 14.8. The first kappa shape index (κ1) is 31.7. The van der Waals surface area contributed by atoms with Crippen LogP contribution in [0, 0.1) is 18.8 Å². The second-order valence-electron chi connectivity index (χ2n) is 10.6. The van der Waals surface area contributed by atoms with Gasteiger partial charge in [-0.05, 0) is 74.1 Å². The fraction of sp³-hybridized carbons (Fsp3) is 0.429. The van der Waals surface area contributed by atoms with E-state index in [0.29, 0.717) is 31.5 Å². The predicted octanol–water partition coefficient (Wildman–Crippen LogP) is 7.25. The Morgan fingerprint density at radius 1 is 1.17 bits per heavy atom. The molecule has 1 heterocycles. The van der Waals surface area contributed by atoms with Gasteiger partial charge in [-0.3, -0.25) is 9.79 Å². The first-order chi connectivity index (χ1) is 19.9. The van der Waals surface area contributed by atoms with Crippen molar-refractivity contribution in [2.75, 3.05) is 31.6 Å². The molecule has 0 saturated carbocycles. The van der Waals surface area contributed by atoms with Crippen LogP contribution in [0.25, 0.3) is 12.2 Å². The van der Waals surface area contributed by atoms with Gasteiger partial charge in [0, 0.05) is 43.4 Å². The number of fused-ring (bicyclic) bond motifs is 1. The second-order valence-corrected chi connectivity index (χ2v) is 10.6. The van der Waals surface area contributed by atoms with Crippen molar-refractivity contribution in [2.45, 2.75) is 59.3 Å². The Kier molecular flexibility index (Phi) is 12.3. The van der Waals surface area contributed by atoms with Gasteiger partial charge in [0.2, 0.25) is 0 Å². The van der Waals surface area contributed by atoms with E-state index in [1.54, 1.807) is 13.1 Å². The Morgan fingerprint density at radius 3 is 2.63 bits per heavy atom. The van der Waals surface area contributed by atoms with Crippen LogP contribution < -0.4 is 9.64 Å². The van der Waals surface area contributed by atoms with Gasteiger partial charge in [-0.2, -0.15) is 9.97 Å². The molecule has 6 nitrogen and oxygen atoms in total. The van der Waals surface area contributed by atoms with Crippen molar-refractivity contribution in [3.63, 3.8) is 0 Å². The number of aromatic nitrogens is 2. The van der Waals surface area contributed by atoms with Crippen molar-refractivity contribution < 1.29 is 9.53 Å². The monoisotopic (exact) mass is 554 g/mol. The molecule has 0 spiro atoms. The summed E-state index contributed by atoms with van der Waals surface area (Å²) in [5.74, 6) is 1.04. The quantitative estimate of drug-likeness (QED) is 0.124. The van der Waals surface area contributed by atoms with Crippen molar-refractivity contribution in [3.05, 3.63) is 83.6 Å². The fourth-order valence-corrected chi connectivity index (χ4v) is 5.37. The van der Waals surface area contributed by atoms with Crippen LogP contribution in [0.2, 0.25) is 0 Å². The van der Waals surface area contributed by atoms with Gasteiger partial charge in [-0.1, -0.05) is 63.4 Å². The highest BCUT2D eigenvalue weighted by Gasteiger charge is 2.26. The maximum atomic E-state index is 12.3. The summed E-state index contributed by atoms with van der Waals surface area (Å²) in [5.41, 5.74) is 6.81. The summed E-state index contributed by atoms with van der Waals surface area (Å²) >= 11 is 0. The topological polar surface area (TPSA) is 67.7 Å². The number of ether oxygens (including phenoxy) is 1. The minimum Gasteiger partial charge on any atom is -0.463 e. The highest BCUT2D eigenvalue weighted by Crippen LogP contribution is 2.34. The molecule has 0 N–H and O–H groups in total. The number of hydrogen-bond donors (Lipinski definition) is 0. The van der Waals surface area contributed by atoms with Crippen molar-refractivity contribution in [2.24, 2.45) is 16.8 Å². The number of nitrogens with zero attached hydrogens (tertiary/aromatic N) is 4. The maximum absolute atomic E-state index is 12.3. The lowest BCUT2D eigenvalue weighted by Gasteiger charge is -2.30. The number of aliphatic imine (C=N–C) groups is 1. The number of carbonyl (C=O) groups excluding carboxylic acids is 1. The summed E-state index contributed by atoms with van der Waals surface area (Å²) in [7, 11) is 1.80. The van der Waals surface area contributed by atoms with Crippen molar-refractivity contribution in [3.8, 4) is 6.01 Å². The SMILES string of the molecule is C=CC(=O)C(C=C)CCN(CCC)c1nc(OCCC)nc2c1CCC(/C=C/c1c(C)ccc(C=C)c1/C=N\C)C2. The third kappa shape index (κ3) is 8.12. The molecule has 41 heavy (non-hydrogen) atoms. The van der Waals surface area contributed by atoms with Crippen LogP contribution in [-0.2, 0) is 17.6 Å². The molecular weight excluding hydrogens is 508 g/mol. The van der Waals surface area contributed by atoms with Crippen LogP contribution in [0.5, 0.6) is 6.01 Å². The zero-order chi connectivity index (χ0) is 29.8. The summed E-state index contributed by atoms with van der Waals surface area (Å²) < 4.78 is 5.97. The lowest BCUT2D eigenvalue weighted by atomic mass is 9.85. The molecular formula is C35H46N4O2. The molecule has 2 aromatic rings. The zero-order valence-corrected chi connectivity index (χ0v) is 25.4. The molecule has 2 atom stereocenters. The zero-order valence-electron chi connectivity index (χ0n) is 25.4. The van der Waals surface area contributed by atoms with E-state index in [1.807, 2.05) is 12.3 Å². The Balaban J connectivity index is 1.94. The first-order valence-corrected chi connectivity index (χ1v) is 14.8. The summed E-state index contributed by atoms with van der Waals surface area (Å²) in [6, 6.07) is 4.67. The third-order valence-electron chi connectivity index (χ3n) is 7.61. The van der Waals surface area contributed by atoms with E-state index in [4.69, 9.17) is 14.7 Å². The number of benzene rings is 1. The average Bonchev–Trinajstić information content (AvgIpc) is 2.99. The minimum absolute atomic E-state index is 0.00462. The van der Waals surface area contributed by atoms with E-state index in [1.165, 1.54) is 22.8 Å². The molecule has 1 aliphatic carbocycles. The van der Waals surface area contributed by atoms with Gasteiger partial charge in [0.25, 0.3) is 0 Å². The number of anilines is 1. The molecule has 2 unspecified atom stereocenters. The molecule has 1 aliphatic rings. The van der Waals surface area contributed by atoms with Crippen LogP contribution in [0.4, 0.5) is 5.82 Å². The van der Waals surface area contributed by atoms with Gasteiger partial charge in [-0.15, -0.1) is 6.58 Å². The number of ketones is 1. The molecule has 1 aromatic carbocycles. The highest BCUT2D eigenvalue weighted by atomic mass is 16.5. The summed E-state index contributed by atoms with van der Waals surface area (Å²) in [6.07, 6.45) is 16.7. The molecule has 0 bridgehead atoms. The lowest BCUT2D eigenvalue weighted by molar-refractivity contribution is -0.117. The Hall–Kier alpha value is -3.80. The van der Waals surface area contributed by atoms with E-state index in [0.717, 1.165) is 61.3 Å². The number of carbonyl (C=O) groups is 1. The summed E-state index contributed by atoms with van der Waals surface area (Å²) in [4.78, 5) is 28.7. The van der Waals surface area contributed by atoms with Gasteiger partial charge >= 0.3 is 6.01 Å². The van der Waals surface area contributed by atoms with Crippen LogP contribution >= 0.6 is 0 Å². The van der Waals surface area contributed by atoms with Gasteiger partial charge in [0.15, 0.2) is 5.78 Å². The average molecular weight is 555 g/mol. The van der Waals surface area contributed by atoms with E-state index in [-0.39, 0.29) is 11.7 Å². The lowest BCUT2D eigenvalue weighted by Crippen LogP contribution is -2.31. The van der Waals surface area contributed by atoms with E-state index >= 15 is 0 Å². The molecule has 0 saturated heterocycles. The van der Waals surface area contributed by atoms with E-state index < -0.39 is 0 Å². The van der Waals surface area contributed by atoms with Crippen LogP contribution in [0.1, 0.15) is 73.0 Å². The van der Waals surface area contributed by atoms with Gasteiger partial charge in [0.1, 0.15) is 5.82 Å². The number of allylic oxidation sites excluding steroid dienone is 3. The molecule has 218 valence electrons. The number of hydrogen-bond acceptors (Lipinski definition) is 6. The Labute approximate surface area is 246 Å². The van der Waals surface area contributed by atoms with Crippen molar-refractivity contribution in [1.29, 1.82) is 0 Å². The van der Waals surface area contributed by atoms with Gasteiger partial charge < -0.3 is 9.64 Å². The molecule has 3 rings (SSSR count). The minimum atomic E-state index is -0.249. The van der Waals surface area contributed by atoms with Crippen molar-refractivity contribution in [1.82, 2.24) is 9.97 Å². The largest absolute Gasteiger partial charge is 0.463 e. The molecule has 0 radical (unpaired) electrons. The summed E-state index contributed by atoms with van der Waals surface area (Å²) in [6.45, 7) is 20.0. The third-order valence-corrected chi connectivity index (χ3v) is 7.61. The highest BCUT2D eigenvalue weighted by molar-refractivity contribution is 5.92. The van der Waals surface area contributed by atoms with Crippen molar-refractivity contribution >= 4 is 30.0 Å². The predicted molar refractivity (Wildman–Crippen MR) is 173 cm³/mol. The normalized spacial score (nSPS) is 15.5. The van der Waals surface area contributed by atoms with Crippen LogP contribution in [-0.4, -0.2) is 48.7 Å². The molecule has 0 fully saturated rings. The van der Waals surface area contributed by atoms with E-state index in [9.17, 15) is 4.79 Å². The number of aryl methyl sites for hydroxylation is 1. The van der Waals surface area contributed by atoms with Gasteiger partial charge in [0.05, 0.1) is 12.3 Å². The second kappa shape index (κ2) is 15.8. The molecule has 1 aromatic heterocycles. The van der Waals surface area contributed by atoms with Gasteiger partial charge in [-0.25, -0.2) is 0 Å². The van der Waals surface area contributed by atoms with Crippen LogP contribution in [0.15, 0.2) is 55.1 Å². The Bertz CT molecular complexity index is 1290. The molecule has 0 aliphatic heterocycles.